The molecule has 5 aromatic rings. The predicted octanol–water partition coefficient (Wildman–Crippen LogP) is 5.58. The maximum Gasteiger partial charge on any atom is 0.323 e. The molecule has 4 N–H and O–H groups in total. The Balaban J connectivity index is 1.39. The topological polar surface area (TPSA) is 112 Å². The molecule has 0 aliphatic carbocycles. The zero-order valence-electron chi connectivity index (χ0n) is 17.9. The molecule has 0 aliphatic heterocycles. The normalized spacial score (nSPS) is 10.6. The standard InChI is InChI=1S/C26H20N6O2/c33-23(17-8-3-1-4-9-17)21-15-27-24-22(21)25(29-16-28-24)30-19-12-7-13-20(14-19)32-26(34)31-18-10-5-2-6-11-18/h1-16H,(H2,31,32,34)(H2,27,28,29,30). The summed E-state index contributed by atoms with van der Waals surface area (Å²) in [5.41, 5.74) is 3.58. The number of aromatic nitrogens is 3. The van der Waals surface area contributed by atoms with Crippen LogP contribution < -0.4 is 16.0 Å². The number of benzene rings is 3. The number of amides is 2. The number of para-hydroxylation sites is 1. The van der Waals surface area contributed by atoms with Crippen LogP contribution in [0.4, 0.5) is 27.7 Å². The Morgan fingerprint density at radius 1 is 0.735 bits per heavy atom. The summed E-state index contributed by atoms with van der Waals surface area (Å²) in [7, 11) is 0. The van der Waals surface area contributed by atoms with Crippen LogP contribution in [0.5, 0.6) is 0 Å². The largest absolute Gasteiger partial charge is 0.345 e. The van der Waals surface area contributed by atoms with Crippen molar-refractivity contribution in [1.82, 2.24) is 15.0 Å². The Labute approximate surface area is 195 Å². The first-order valence-electron chi connectivity index (χ1n) is 10.6. The molecule has 2 heterocycles. The van der Waals surface area contributed by atoms with E-state index in [0.717, 1.165) is 0 Å². The van der Waals surface area contributed by atoms with Crippen LogP contribution in [0.1, 0.15) is 15.9 Å². The van der Waals surface area contributed by atoms with Gasteiger partial charge >= 0.3 is 6.03 Å². The van der Waals surface area contributed by atoms with Crippen LogP contribution in [0.25, 0.3) is 11.0 Å². The zero-order valence-corrected chi connectivity index (χ0v) is 17.9. The molecule has 0 saturated carbocycles. The first kappa shape index (κ1) is 20.9. The number of hydrogen-bond donors (Lipinski definition) is 4. The molecule has 0 saturated heterocycles. The van der Waals surface area contributed by atoms with Gasteiger partial charge in [-0.05, 0) is 30.3 Å². The second-order valence-electron chi connectivity index (χ2n) is 7.49. The van der Waals surface area contributed by atoms with Gasteiger partial charge in [-0.3, -0.25) is 4.79 Å². The van der Waals surface area contributed by atoms with E-state index in [0.29, 0.717) is 45.0 Å². The highest BCUT2D eigenvalue weighted by atomic mass is 16.2. The molecule has 0 aliphatic rings. The third-order valence-corrected chi connectivity index (χ3v) is 5.17. The second-order valence-corrected chi connectivity index (χ2v) is 7.49. The number of nitrogens with one attached hydrogen (secondary N) is 4. The lowest BCUT2D eigenvalue weighted by molar-refractivity contribution is 0.104. The van der Waals surface area contributed by atoms with E-state index in [4.69, 9.17) is 0 Å². The second kappa shape index (κ2) is 9.25. The Morgan fingerprint density at radius 3 is 2.21 bits per heavy atom. The quantitative estimate of drug-likeness (QED) is 0.254. The van der Waals surface area contributed by atoms with Gasteiger partial charge in [0.05, 0.1) is 10.9 Å². The summed E-state index contributed by atoms with van der Waals surface area (Å²) >= 11 is 0. The molecule has 0 bridgehead atoms. The summed E-state index contributed by atoms with van der Waals surface area (Å²) in [5, 5.41) is 9.44. The van der Waals surface area contributed by atoms with E-state index in [1.807, 2.05) is 60.7 Å². The molecule has 0 atom stereocenters. The van der Waals surface area contributed by atoms with Crippen LogP contribution in [0.15, 0.2) is 97.5 Å². The fourth-order valence-corrected chi connectivity index (χ4v) is 3.61. The number of urea groups is 1. The monoisotopic (exact) mass is 448 g/mol. The third kappa shape index (κ3) is 4.46. The van der Waals surface area contributed by atoms with Crippen molar-refractivity contribution in [3.8, 4) is 0 Å². The smallest absolute Gasteiger partial charge is 0.323 e. The molecule has 2 amide bonds. The van der Waals surface area contributed by atoms with E-state index in [2.05, 4.69) is 30.9 Å². The highest BCUT2D eigenvalue weighted by molar-refractivity contribution is 6.18. The van der Waals surface area contributed by atoms with Crippen molar-refractivity contribution in [2.45, 2.75) is 0 Å². The summed E-state index contributed by atoms with van der Waals surface area (Å²) in [6.07, 6.45) is 3.07. The Kier molecular flexibility index (Phi) is 5.69. The van der Waals surface area contributed by atoms with Crippen molar-refractivity contribution in [3.05, 3.63) is 109 Å². The van der Waals surface area contributed by atoms with Gasteiger partial charge in [0.2, 0.25) is 0 Å². The SMILES string of the molecule is O=C(Nc1ccccc1)Nc1cccc(Nc2ncnc3[nH]cc(C(=O)c4ccccc4)c23)c1. The summed E-state index contributed by atoms with van der Waals surface area (Å²) < 4.78 is 0. The van der Waals surface area contributed by atoms with Gasteiger partial charge < -0.3 is 20.9 Å². The number of H-pyrrole nitrogens is 1. The number of aromatic amines is 1. The van der Waals surface area contributed by atoms with Crippen molar-refractivity contribution in [3.63, 3.8) is 0 Å². The number of ketones is 1. The average Bonchev–Trinajstić information content (AvgIpc) is 3.30. The molecule has 0 unspecified atom stereocenters. The Morgan fingerprint density at radius 2 is 1.41 bits per heavy atom. The molecule has 34 heavy (non-hydrogen) atoms. The van der Waals surface area contributed by atoms with Gasteiger partial charge in [0.1, 0.15) is 17.8 Å². The molecule has 0 fully saturated rings. The minimum atomic E-state index is -0.353. The number of anilines is 4. The van der Waals surface area contributed by atoms with E-state index in [1.54, 1.807) is 30.5 Å². The van der Waals surface area contributed by atoms with Crippen LogP contribution in [-0.2, 0) is 0 Å². The van der Waals surface area contributed by atoms with Crippen LogP contribution in [0.3, 0.4) is 0 Å². The maximum absolute atomic E-state index is 13.1. The van der Waals surface area contributed by atoms with E-state index < -0.39 is 0 Å². The van der Waals surface area contributed by atoms with Crippen LogP contribution in [0.2, 0.25) is 0 Å². The first-order valence-corrected chi connectivity index (χ1v) is 10.6. The minimum absolute atomic E-state index is 0.127. The fraction of sp³-hybridized carbons (Fsp3) is 0. The fourth-order valence-electron chi connectivity index (χ4n) is 3.61. The highest BCUT2D eigenvalue weighted by Crippen LogP contribution is 2.28. The lowest BCUT2D eigenvalue weighted by Gasteiger charge is -2.11. The van der Waals surface area contributed by atoms with Gasteiger partial charge in [0.15, 0.2) is 5.78 Å². The molecule has 0 radical (unpaired) electrons. The van der Waals surface area contributed by atoms with Crippen molar-refractivity contribution in [1.29, 1.82) is 0 Å². The Bertz CT molecular complexity index is 1460. The number of nitrogens with zero attached hydrogens (tertiary/aromatic N) is 2. The molecule has 2 aromatic heterocycles. The zero-order chi connectivity index (χ0) is 23.3. The molecular formula is C26H20N6O2. The first-order chi connectivity index (χ1) is 16.7. The third-order valence-electron chi connectivity index (χ3n) is 5.17. The molecule has 5 rings (SSSR count). The van der Waals surface area contributed by atoms with Gasteiger partial charge in [-0.25, -0.2) is 14.8 Å². The molecule has 166 valence electrons. The molecule has 8 nitrogen and oxygen atoms in total. The summed E-state index contributed by atoms with van der Waals surface area (Å²) in [4.78, 5) is 37.1. The lowest BCUT2D eigenvalue weighted by Crippen LogP contribution is -2.19. The van der Waals surface area contributed by atoms with Crippen LogP contribution in [-0.4, -0.2) is 26.8 Å². The average molecular weight is 448 g/mol. The van der Waals surface area contributed by atoms with Gasteiger partial charge in [-0.15, -0.1) is 0 Å². The van der Waals surface area contributed by atoms with E-state index in [1.165, 1.54) is 6.33 Å². The number of fused-ring (bicyclic) bond motifs is 1. The van der Waals surface area contributed by atoms with Crippen LogP contribution in [0, 0.1) is 0 Å². The summed E-state index contributed by atoms with van der Waals surface area (Å²) in [6.45, 7) is 0. The Hall–Kier alpha value is -4.98. The molecule has 0 spiro atoms. The molecule has 3 aromatic carbocycles. The molecule has 8 heteroatoms. The highest BCUT2D eigenvalue weighted by Gasteiger charge is 2.18. The number of rotatable bonds is 6. The van der Waals surface area contributed by atoms with Crippen molar-refractivity contribution in [2.75, 3.05) is 16.0 Å². The van der Waals surface area contributed by atoms with E-state index in [9.17, 15) is 9.59 Å². The van der Waals surface area contributed by atoms with Crippen molar-refractivity contribution < 1.29 is 9.59 Å². The lowest BCUT2D eigenvalue weighted by atomic mass is 10.0. The van der Waals surface area contributed by atoms with E-state index in [-0.39, 0.29) is 11.8 Å². The van der Waals surface area contributed by atoms with E-state index >= 15 is 0 Å². The van der Waals surface area contributed by atoms with Crippen LogP contribution >= 0.6 is 0 Å². The van der Waals surface area contributed by atoms with Gasteiger partial charge in [0.25, 0.3) is 0 Å². The van der Waals surface area contributed by atoms with Gasteiger partial charge in [-0.2, -0.15) is 0 Å². The van der Waals surface area contributed by atoms with Crippen molar-refractivity contribution in [2.24, 2.45) is 0 Å². The number of carbonyl (C=O) groups excluding carboxylic acids is 2. The number of hydrogen-bond acceptors (Lipinski definition) is 5. The predicted molar refractivity (Wildman–Crippen MR) is 133 cm³/mol. The maximum atomic E-state index is 13.1. The number of carbonyl (C=O) groups is 2. The van der Waals surface area contributed by atoms with Gasteiger partial charge in [0, 0.05) is 28.8 Å². The minimum Gasteiger partial charge on any atom is -0.345 e. The summed E-state index contributed by atoms with van der Waals surface area (Å²) in [5.74, 6) is 0.356. The molecular weight excluding hydrogens is 428 g/mol. The van der Waals surface area contributed by atoms with Crippen molar-refractivity contribution >= 4 is 45.7 Å². The van der Waals surface area contributed by atoms with Gasteiger partial charge in [-0.1, -0.05) is 54.6 Å². The summed E-state index contributed by atoms with van der Waals surface area (Å²) in [6, 6.07) is 25.1.